The predicted molar refractivity (Wildman–Crippen MR) is 42.8 cm³/mol. The van der Waals surface area contributed by atoms with Crippen molar-refractivity contribution in [3.63, 3.8) is 0 Å². The molecule has 0 aromatic heterocycles. The largest absolute Gasteiger partial charge is 0.125 e. The minimum atomic E-state index is 0.989. The molecular formula is C5H14P2. The van der Waals surface area contributed by atoms with Crippen LogP contribution in [0.25, 0.3) is 0 Å². The Labute approximate surface area is 50.0 Å². The first kappa shape index (κ1) is 7.86. The lowest BCUT2D eigenvalue weighted by Gasteiger charge is -2.03. The summed E-state index contributed by atoms with van der Waals surface area (Å²) in [7, 11) is 2.30. The molecule has 44 valence electrons. The van der Waals surface area contributed by atoms with Crippen molar-refractivity contribution in [3.05, 3.63) is 0 Å². The lowest BCUT2D eigenvalue weighted by molar-refractivity contribution is 1.12. The first-order valence-corrected chi connectivity index (χ1v) is 5.91. The van der Waals surface area contributed by atoms with Crippen LogP contribution >= 0.6 is 17.2 Å². The second-order valence-electron chi connectivity index (χ2n) is 1.75. The summed E-state index contributed by atoms with van der Waals surface area (Å²) in [5.41, 5.74) is 0.989. The van der Waals surface area contributed by atoms with Gasteiger partial charge in [-0.1, -0.05) is 6.92 Å². The molecule has 0 bridgehead atoms. The first-order valence-electron chi connectivity index (χ1n) is 2.63. The van der Waals surface area contributed by atoms with E-state index in [2.05, 4.69) is 20.3 Å². The molecule has 0 aromatic rings. The molecule has 0 nitrogen and oxygen atoms in total. The molecule has 0 saturated carbocycles. The summed E-state index contributed by atoms with van der Waals surface area (Å²) in [6.07, 6.45) is 1.44. The third-order valence-electron chi connectivity index (χ3n) is 1.00. The van der Waals surface area contributed by atoms with Gasteiger partial charge >= 0.3 is 0 Å². The molecule has 3 atom stereocenters. The average Bonchev–Trinajstić information content (AvgIpc) is 1.68. The van der Waals surface area contributed by atoms with E-state index in [0.717, 1.165) is 22.8 Å². The molecule has 0 aliphatic heterocycles. The van der Waals surface area contributed by atoms with Crippen LogP contribution < -0.4 is 0 Å². The summed E-state index contributed by atoms with van der Waals surface area (Å²) in [6, 6.07) is 0. The number of hydrogen-bond donors (Lipinski definition) is 0. The van der Waals surface area contributed by atoms with Crippen LogP contribution in [0, 0.1) is 0 Å². The zero-order valence-electron chi connectivity index (χ0n) is 5.28. The lowest BCUT2D eigenvalue weighted by Crippen LogP contribution is -1.93. The molecule has 0 fully saturated rings. The smallest absolute Gasteiger partial charge is 0.0231 e. The van der Waals surface area contributed by atoms with Gasteiger partial charge in [-0.3, -0.25) is 0 Å². The minimum Gasteiger partial charge on any atom is -0.125 e. The van der Waals surface area contributed by atoms with Crippen LogP contribution in [0.5, 0.6) is 0 Å². The normalized spacial score (nSPS) is 17.6. The Morgan fingerprint density at radius 1 is 1.43 bits per heavy atom. The highest BCUT2D eigenvalue weighted by Crippen LogP contribution is 2.18. The third-order valence-corrected chi connectivity index (χ3v) is 3.62. The zero-order chi connectivity index (χ0) is 5.70. The molecule has 0 amide bonds. The highest BCUT2D eigenvalue weighted by atomic mass is 31.1. The molecule has 0 aromatic carbocycles. The Kier molecular flexibility index (Phi) is 5.62. The van der Waals surface area contributed by atoms with Crippen LogP contribution in [0.3, 0.4) is 0 Å². The topological polar surface area (TPSA) is 0 Å². The summed E-state index contributed by atoms with van der Waals surface area (Å²) < 4.78 is 0. The van der Waals surface area contributed by atoms with Crippen molar-refractivity contribution in [2.24, 2.45) is 0 Å². The van der Waals surface area contributed by atoms with E-state index in [4.69, 9.17) is 0 Å². The fraction of sp³-hybridized carbons (Fsp3) is 1.00. The Morgan fingerprint density at radius 3 is 2.14 bits per heavy atom. The highest BCUT2D eigenvalue weighted by molar-refractivity contribution is 7.42. The van der Waals surface area contributed by atoms with Gasteiger partial charge in [0.25, 0.3) is 0 Å². The minimum absolute atomic E-state index is 0.989. The molecule has 0 aliphatic rings. The standard InChI is InChI=1S/C5H14P2/c1-5(7-3)4-6-2/h5-7H,4H2,1-3H3. The van der Waals surface area contributed by atoms with E-state index in [1.165, 1.54) is 6.16 Å². The second kappa shape index (κ2) is 5.01. The monoisotopic (exact) mass is 136 g/mol. The average molecular weight is 136 g/mol. The number of hydrogen-bond acceptors (Lipinski definition) is 0. The highest BCUT2D eigenvalue weighted by Gasteiger charge is 1.92. The molecular weight excluding hydrogens is 122 g/mol. The van der Waals surface area contributed by atoms with Crippen molar-refractivity contribution in [2.45, 2.75) is 12.6 Å². The van der Waals surface area contributed by atoms with Crippen LogP contribution in [0.2, 0.25) is 0 Å². The van der Waals surface area contributed by atoms with Crippen LogP contribution in [0.15, 0.2) is 0 Å². The Hall–Kier alpha value is 0.860. The quantitative estimate of drug-likeness (QED) is 0.520. The number of rotatable bonds is 3. The van der Waals surface area contributed by atoms with Crippen LogP contribution in [-0.2, 0) is 0 Å². The van der Waals surface area contributed by atoms with Crippen molar-refractivity contribution in [1.82, 2.24) is 0 Å². The molecule has 0 N–H and O–H groups in total. The van der Waals surface area contributed by atoms with Crippen molar-refractivity contribution in [2.75, 3.05) is 19.5 Å². The molecule has 0 heterocycles. The SMILES string of the molecule is CPCC(C)PC. The van der Waals surface area contributed by atoms with Gasteiger partial charge in [0.2, 0.25) is 0 Å². The van der Waals surface area contributed by atoms with Gasteiger partial charge in [-0.15, -0.1) is 17.2 Å². The molecule has 2 heteroatoms. The van der Waals surface area contributed by atoms with E-state index in [-0.39, 0.29) is 0 Å². The fourth-order valence-corrected chi connectivity index (χ4v) is 2.45. The van der Waals surface area contributed by atoms with E-state index in [1.807, 2.05) is 0 Å². The van der Waals surface area contributed by atoms with Gasteiger partial charge in [0, 0.05) is 0 Å². The second-order valence-corrected chi connectivity index (χ2v) is 4.43. The van der Waals surface area contributed by atoms with E-state index < -0.39 is 0 Å². The van der Waals surface area contributed by atoms with Crippen LogP contribution in [0.4, 0.5) is 0 Å². The maximum absolute atomic E-state index is 2.33. The molecule has 0 radical (unpaired) electrons. The summed E-state index contributed by atoms with van der Waals surface area (Å²) in [6.45, 7) is 6.89. The summed E-state index contributed by atoms with van der Waals surface area (Å²) >= 11 is 0. The van der Waals surface area contributed by atoms with Crippen LogP contribution in [-0.4, -0.2) is 25.2 Å². The van der Waals surface area contributed by atoms with Crippen LogP contribution in [0.1, 0.15) is 6.92 Å². The van der Waals surface area contributed by atoms with Gasteiger partial charge in [-0.2, -0.15) is 0 Å². The fourth-order valence-electron chi connectivity index (χ4n) is 0.408. The van der Waals surface area contributed by atoms with Gasteiger partial charge in [-0.25, -0.2) is 0 Å². The molecule has 3 unspecified atom stereocenters. The van der Waals surface area contributed by atoms with Gasteiger partial charge in [0.15, 0.2) is 0 Å². The van der Waals surface area contributed by atoms with Gasteiger partial charge in [0.05, 0.1) is 0 Å². The molecule has 7 heavy (non-hydrogen) atoms. The Bertz CT molecular complexity index is 37.1. The Morgan fingerprint density at radius 2 is 2.00 bits per heavy atom. The van der Waals surface area contributed by atoms with Crippen molar-refractivity contribution in [3.8, 4) is 0 Å². The van der Waals surface area contributed by atoms with Gasteiger partial charge in [0.1, 0.15) is 0 Å². The van der Waals surface area contributed by atoms with Crippen molar-refractivity contribution in [1.29, 1.82) is 0 Å². The Balaban J connectivity index is 2.83. The lowest BCUT2D eigenvalue weighted by atomic mass is 10.6. The van der Waals surface area contributed by atoms with E-state index in [0.29, 0.717) is 0 Å². The van der Waals surface area contributed by atoms with Gasteiger partial charge in [-0.05, 0) is 25.2 Å². The summed E-state index contributed by atoms with van der Waals surface area (Å²) in [5.74, 6) is 0. The van der Waals surface area contributed by atoms with E-state index >= 15 is 0 Å². The van der Waals surface area contributed by atoms with Gasteiger partial charge < -0.3 is 0 Å². The maximum Gasteiger partial charge on any atom is -0.0231 e. The first-order chi connectivity index (χ1) is 3.31. The van der Waals surface area contributed by atoms with E-state index in [9.17, 15) is 0 Å². The molecule has 0 spiro atoms. The third kappa shape index (κ3) is 4.72. The predicted octanol–water partition coefficient (Wildman–Crippen LogP) is 1.99. The summed E-state index contributed by atoms with van der Waals surface area (Å²) in [5, 5.41) is 0. The van der Waals surface area contributed by atoms with Crippen molar-refractivity contribution >= 4 is 17.2 Å². The molecule has 0 rings (SSSR count). The van der Waals surface area contributed by atoms with E-state index in [1.54, 1.807) is 0 Å². The molecule has 0 aliphatic carbocycles. The van der Waals surface area contributed by atoms with Crippen molar-refractivity contribution < 1.29 is 0 Å². The zero-order valence-corrected chi connectivity index (χ0v) is 7.28. The molecule has 0 saturated heterocycles. The summed E-state index contributed by atoms with van der Waals surface area (Å²) in [4.78, 5) is 0. The maximum atomic E-state index is 2.33.